The Hall–Kier alpha value is -5.71. The lowest BCUT2D eigenvalue weighted by Gasteiger charge is -2.23. The molecular weight excluding hydrogens is 592 g/mol. The summed E-state index contributed by atoms with van der Waals surface area (Å²) in [6.07, 6.45) is 3.36. The van der Waals surface area contributed by atoms with Gasteiger partial charge in [0.15, 0.2) is 17.1 Å². The standard InChI is InChI=1S/C32H34N8O6/c1-19(2)11-25-31-37-26(18-45-31)30(43)35-23(12-20-7-5-4-6-8-20)28(41)34-9-10-40(17-22-14-24(38-46-22)29(42)36-25)32(44)27-13-21(15-33)16-39(27)3/h4-8,13-14,16,18-19,23,25H,9-12,17H2,1-3H3,(H,34,41)(H,35,43)(H,36,42)/t23-,25+/m0/s1. The van der Waals surface area contributed by atoms with Crippen molar-refractivity contribution in [3.8, 4) is 6.07 Å². The van der Waals surface area contributed by atoms with Crippen molar-refractivity contribution in [2.75, 3.05) is 13.1 Å². The van der Waals surface area contributed by atoms with E-state index in [0.29, 0.717) is 12.0 Å². The summed E-state index contributed by atoms with van der Waals surface area (Å²) in [5, 5.41) is 21.7. The van der Waals surface area contributed by atoms with E-state index in [0.717, 1.165) is 5.56 Å². The van der Waals surface area contributed by atoms with Gasteiger partial charge in [-0.25, -0.2) is 4.98 Å². The van der Waals surface area contributed by atoms with Crippen LogP contribution in [0.1, 0.15) is 80.6 Å². The van der Waals surface area contributed by atoms with E-state index in [1.807, 2.05) is 50.2 Å². The van der Waals surface area contributed by atoms with Gasteiger partial charge in [0.1, 0.15) is 30.1 Å². The minimum atomic E-state index is -0.979. The van der Waals surface area contributed by atoms with Gasteiger partial charge in [0.25, 0.3) is 17.7 Å². The van der Waals surface area contributed by atoms with Crippen LogP contribution in [0.15, 0.2) is 63.9 Å². The highest BCUT2D eigenvalue weighted by molar-refractivity contribution is 5.96. The van der Waals surface area contributed by atoms with Gasteiger partial charge in [-0.1, -0.05) is 49.3 Å². The molecule has 5 rings (SSSR count). The maximum absolute atomic E-state index is 13.7. The lowest BCUT2D eigenvalue weighted by Crippen LogP contribution is -2.49. The van der Waals surface area contributed by atoms with Gasteiger partial charge in [-0.05, 0) is 24.0 Å². The number of amides is 4. The van der Waals surface area contributed by atoms with Crippen LogP contribution in [0.25, 0.3) is 0 Å². The Morgan fingerprint density at radius 1 is 1.09 bits per heavy atom. The maximum Gasteiger partial charge on any atom is 0.274 e. The zero-order chi connectivity index (χ0) is 32.8. The van der Waals surface area contributed by atoms with Crippen LogP contribution in [0.5, 0.6) is 0 Å². The fraction of sp³-hybridized carbons (Fsp3) is 0.344. The van der Waals surface area contributed by atoms with E-state index >= 15 is 0 Å². The number of carbonyl (C=O) groups excluding carboxylic acids is 4. The van der Waals surface area contributed by atoms with Gasteiger partial charge >= 0.3 is 0 Å². The molecule has 2 atom stereocenters. The van der Waals surface area contributed by atoms with Gasteiger partial charge in [-0.15, -0.1) is 0 Å². The number of nitriles is 1. The average Bonchev–Trinajstić information content (AvgIpc) is 3.79. The largest absolute Gasteiger partial charge is 0.446 e. The molecule has 4 amide bonds. The van der Waals surface area contributed by atoms with Gasteiger partial charge in [0, 0.05) is 38.8 Å². The Morgan fingerprint density at radius 3 is 2.54 bits per heavy atom. The molecule has 4 aromatic rings. The number of carbonyl (C=O) groups is 4. The molecule has 1 aliphatic heterocycles. The van der Waals surface area contributed by atoms with Crippen molar-refractivity contribution in [1.29, 1.82) is 5.26 Å². The first-order valence-corrected chi connectivity index (χ1v) is 14.8. The van der Waals surface area contributed by atoms with Crippen LogP contribution in [0, 0.1) is 17.2 Å². The molecule has 0 fully saturated rings. The molecule has 0 aliphatic carbocycles. The number of fused-ring (bicyclic) bond motifs is 4. The Bertz CT molecular complexity index is 1770. The van der Waals surface area contributed by atoms with E-state index in [-0.39, 0.29) is 60.7 Å². The average molecular weight is 627 g/mol. The summed E-state index contributed by atoms with van der Waals surface area (Å²) in [7, 11) is 1.65. The number of rotatable bonds is 5. The van der Waals surface area contributed by atoms with Crippen molar-refractivity contribution in [1.82, 2.24) is 35.6 Å². The van der Waals surface area contributed by atoms with E-state index in [9.17, 15) is 24.4 Å². The number of nitrogens with one attached hydrogen (secondary N) is 3. The van der Waals surface area contributed by atoms with Gasteiger partial charge < -0.3 is 34.4 Å². The molecule has 0 saturated heterocycles. The van der Waals surface area contributed by atoms with Crippen LogP contribution in [0.3, 0.4) is 0 Å². The first-order valence-electron chi connectivity index (χ1n) is 14.8. The third-order valence-electron chi connectivity index (χ3n) is 7.43. The summed E-state index contributed by atoms with van der Waals surface area (Å²) in [6.45, 7) is 3.91. The molecule has 3 aromatic heterocycles. The summed E-state index contributed by atoms with van der Waals surface area (Å²) in [6, 6.07) is 12.5. The number of hydrogen-bond acceptors (Lipinski definition) is 9. The van der Waals surface area contributed by atoms with Crippen LogP contribution in [-0.4, -0.2) is 62.4 Å². The normalized spacial score (nSPS) is 17.8. The molecule has 238 valence electrons. The summed E-state index contributed by atoms with van der Waals surface area (Å²) >= 11 is 0. The number of hydrogen-bond donors (Lipinski definition) is 3. The van der Waals surface area contributed by atoms with Crippen LogP contribution in [-0.2, 0) is 24.8 Å². The molecule has 46 heavy (non-hydrogen) atoms. The quantitative estimate of drug-likeness (QED) is 0.299. The van der Waals surface area contributed by atoms with E-state index < -0.39 is 35.7 Å². The lowest BCUT2D eigenvalue weighted by molar-refractivity contribution is -0.123. The van der Waals surface area contributed by atoms with E-state index in [2.05, 4.69) is 26.1 Å². The molecule has 4 heterocycles. The third kappa shape index (κ3) is 7.49. The predicted octanol–water partition coefficient (Wildman–Crippen LogP) is 2.50. The second-order valence-corrected chi connectivity index (χ2v) is 11.5. The smallest absolute Gasteiger partial charge is 0.274 e. The number of nitrogens with zero attached hydrogens (tertiary/aromatic N) is 5. The Balaban J connectivity index is 1.48. The summed E-state index contributed by atoms with van der Waals surface area (Å²) < 4.78 is 12.6. The monoisotopic (exact) mass is 626 g/mol. The molecule has 0 unspecified atom stereocenters. The van der Waals surface area contributed by atoms with Crippen LogP contribution < -0.4 is 16.0 Å². The summed E-state index contributed by atoms with van der Waals surface area (Å²) in [5.74, 6) is -1.60. The molecule has 1 aromatic carbocycles. The zero-order valence-electron chi connectivity index (χ0n) is 25.6. The minimum absolute atomic E-state index is 0.0216. The highest BCUT2D eigenvalue weighted by Crippen LogP contribution is 2.22. The fourth-order valence-corrected chi connectivity index (χ4v) is 5.14. The molecule has 0 radical (unpaired) electrons. The summed E-state index contributed by atoms with van der Waals surface area (Å²) in [5.41, 5.74) is 1.31. The van der Waals surface area contributed by atoms with Crippen LogP contribution >= 0.6 is 0 Å². The predicted molar refractivity (Wildman–Crippen MR) is 162 cm³/mol. The van der Waals surface area contributed by atoms with Crippen molar-refractivity contribution in [3.05, 3.63) is 94.8 Å². The lowest BCUT2D eigenvalue weighted by atomic mass is 10.0. The molecule has 14 heteroatoms. The van der Waals surface area contributed by atoms with Crippen molar-refractivity contribution in [3.63, 3.8) is 0 Å². The number of oxazole rings is 1. The number of aryl methyl sites for hydroxylation is 1. The van der Waals surface area contributed by atoms with Gasteiger partial charge in [-0.2, -0.15) is 5.26 Å². The van der Waals surface area contributed by atoms with Crippen molar-refractivity contribution < 1.29 is 28.1 Å². The maximum atomic E-state index is 13.7. The van der Waals surface area contributed by atoms with E-state index in [1.54, 1.807) is 7.05 Å². The molecular formula is C32H34N8O6. The van der Waals surface area contributed by atoms with Crippen LogP contribution in [0.2, 0.25) is 0 Å². The van der Waals surface area contributed by atoms with Gasteiger partial charge in [-0.3, -0.25) is 19.2 Å². The van der Waals surface area contributed by atoms with Crippen molar-refractivity contribution in [2.45, 2.75) is 45.3 Å². The van der Waals surface area contributed by atoms with Crippen LogP contribution in [0.4, 0.5) is 0 Å². The molecule has 4 bridgehead atoms. The second kappa shape index (κ2) is 13.9. The van der Waals surface area contributed by atoms with Crippen molar-refractivity contribution in [2.24, 2.45) is 13.0 Å². The number of benzene rings is 1. The molecule has 3 N–H and O–H groups in total. The molecule has 14 nitrogen and oxygen atoms in total. The van der Waals surface area contributed by atoms with E-state index in [4.69, 9.17) is 8.94 Å². The SMILES string of the molecule is CC(C)C[C@H]1NC(=O)c2cc(on2)CN(C(=O)c2cc(C#N)cn2C)CCNC(=O)[C@H](Cc2ccccc2)NC(=O)c2coc1n2. The first-order chi connectivity index (χ1) is 22.1. The minimum Gasteiger partial charge on any atom is -0.446 e. The van der Waals surface area contributed by atoms with E-state index in [1.165, 1.54) is 34.1 Å². The zero-order valence-corrected chi connectivity index (χ0v) is 25.6. The Morgan fingerprint density at radius 2 is 1.83 bits per heavy atom. The topological polar surface area (TPSA) is 188 Å². The molecule has 0 saturated carbocycles. The molecule has 0 spiro atoms. The summed E-state index contributed by atoms with van der Waals surface area (Å²) in [4.78, 5) is 59.5. The highest BCUT2D eigenvalue weighted by Gasteiger charge is 2.29. The third-order valence-corrected chi connectivity index (χ3v) is 7.43. The highest BCUT2D eigenvalue weighted by atomic mass is 16.5. The fourth-order valence-electron chi connectivity index (χ4n) is 5.14. The van der Waals surface area contributed by atoms with Crippen molar-refractivity contribution >= 4 is 23.6 Å². The van der Waals surface area contributed by atoms with Gasteiger partial charge in [0.05, 0.1) is 12.1 Å². The number of aromatic nitrogens is 3. The molecule has 1 aliphatic rings. The second-order valence-electron chi connectivity index (χ2n) is 11.5. The van der Waals surface area contributed by atoms with Gasteiger partial charge in [0.2, 0.25) is 11.8 Å². The Kier molecular flexibility index (Phi) is 9.61. The first kappa shape index (κ1) is 31.7. The Labute approximate surface area is 264 Å².